The van der Waals surface area contributed by atoms with Gasteiger partial charge in [-0.1, -0.05) is 30.7 Å². The van der Waals surface area contributed by atoms with E-state index in [1.54, 1.807) is 13.0 Å². The summed E-state index contributed by atoms with van der Waals surface area (Å²) in [5, 5.41) is 14.1. The van der Waals surface area contributed by atoms with Crippen molar-refractivity contribution in [3.8, 4) is 6.07 Å². The Labute approximate surface area is 168 Å². The number of rotatable bonds is 6. The highest BCUT2D eigenvalue weighted by Gasteiger charge is 2.18. The zero-order valence-corrected chi connectivity index (χ0v) is 16.5. The molecule has 2 aromatic carbocycles. The second-order valence-corrected chi connectivity index (χ2v) is 6.68. The van der Waals surface area contributed by atoms with E-state index in [1.165, 1.54) is 6.20 Å². The fourth-order valence-electron chi connectivity index (χ4n) is 3.10. The molecule has 3 aromatic rings. The van der Waals surface area contributed by atoms with E-state index in [2.05, 4.69) is 16.4 Å². The lowest BCUT2D eigenvalue weighted by Crippen LogP contribution is -2.11. The lowest BCUT2D eigenvalue weighted by Gasteiger charge is -2.16. The molecule has 0 aliphatic heterocycles. The van der Waals surface area contributed by atoms with Gasteiger partial charge in [-0.2, -0.15) is 5.26 Å². The second kappa shape index (κ2) is 8.73. The quantitative estimate of drug-likeness (QED) is 0.589. The Bertz CT molecular complexity index is 1070. The first-order chi connectivity index (χ1) is 13.6. The smallest absolute Gasteiger partial charge is 0.341 e. The minimum Gasteiger partial charge on any atom is -0.462 e. The molecule has 0 bridgehead atoms. The number of aryl methyl sites for hydroxylation is 1. The number of esters is 1. The molecule has 0 atom stereocenters. The lowest BCUT2D eigenvalue weighted by molar-refractivity contribution is 0.0527. The van der Waals surface area contributed by atoms with E-state index in [0.29, 0.717) is 28.4 Å². The van der Waals surface area contributed by atoms with Gasteiger partial charge in [0.15, 0.2) is 0 Å². The summed E-state index contributed by atoms with van der Waals surface area (Å²) >= 11 is 6.08. The SMILES string of the molecule is CCOC(=O)c1cnc2c(CC)cc(C#N)cc2c1NCc1cccc(Cl)c1. The molecule has 0 unspecified atom stereocenters. The number of ether oxygens (including phenoxy) is 1. The van der Waals surface area contributed by atoms with Gasteiger partial charge in [0.25, 0.3) is 0 Å². The van der Waals surface area contributed by atoms with E-state index in [9.17, 15) is 10.1 Å². The summed E-state index contributed by atoms with van der Waals surface area (Å²) in [5.74, 6) is -0.453. The van der Waals surface area contributed by atoms with Gasteiger partial charge in [-0.15, -0.1) is 0 Å². The van der Waals surface area contributed by atoms with Crippen LogP contribution in [-0.2, 0) is 17.7 Å². The molecule has 0 aliphatic rings. The van der Waals surface area contributed by atoms with Crippen molar-refractivity contribution in [2.45, 2.75) is 26.8 Å². The van der Waals surface area contributed by atoms with Crippen LogP contribution in [0, 0.1) is 11.3 Å². The van der Waals surface area contributed by atoms with Crippen LogP contribution in [0.4, 0.5) is 5.69 Å². The molecular weight excluding hydrogens is 374 g/mol. The Kier molecular flexibility index (Phi) is 6.13. The van der Waals surface area contributed by atoms with Gasteiger partial charge in [-0.3, -0.25) is 4.98 Å². The molecule has 0 aliphatic carbocycles. The first-order valence-electron chi connectivity index (χ1n) is 9.08. The molecule has 5 nitrogen and oxygen atoms in total. The number of anilines is 1. The highest BCUT2D eigenvalue weighted by Crippen LogP contribution is 2.31. The Balaban J connectivity index is 2.15. The molecule has 0 saturated carbocycles. The van der Waals surface area contributed by atoms with Crippen molar-refractivity contribution in [3.63, 3.8) is 0 Å². The molecule has 0 spiro atoms. The average Bonchev–Trinajstić information content (AvgIpc) is 2.71. The molecule has 0 fully saturated rings. The average molecular weight is 394 g/mol. The minimum atomic E-state index is -0.453. The fraction of sp³-hybridized carbons (Fsp3) is 0.227. The van der Waals surface area contributed by atoms with Crippen LogP contribution >= 0.6 is 11.6 Å². The number of nitriles is 1. The van der Waals surface area contributed by atoms with Gasteiger partial charge < -0.3 is 10.1 Å². The van der Waals surface area contributed by atoms with Gasteiger partial charge in [-0.25, -0.2) is 4.79 Å². The standard InChI is InChI=1S/C22H20ClN3O2/c1-3-16-8-15(11-24)10-18-20(16)26-13-19(22(27)28-4-2)21(18)25-12-14-6-5-7-17(23)9-14/h5-10,13H,3-4,12H2,1-2H3,(H,25,26). The monoisotopic (exact) mass is 393 g/mol. The highest BCUT2D eigenvalue weighted by molar-refractivity contribution is 6.30. The lowest BCUT2D eigenvalue weighted by atomic mass is 10.0. The van der Waals surface area contributed by atoms with Crippen molar-refractivity contribution in [3.05, 3.63) is 69.9 Å². The summed E-state index contributed by atoms with van der Waals surface area (Å²) in [6, 6.07) is 13.3. The second-order valence-electron chi connectivity index (χ2n) is 6.25. The maximum atomic E-state index is 12.5. The summed E-state index contributed by atoms with van der Waals surface area (Å²) in [6.07, 6.45) is 2.26. The molecule has 0 amide bonds. The van der Waals surface area contributed by atoms with Crippen LogP contribution in [0.2, 0.25) is 5.02 Å². The number of carbonyl (C=O) groups is 1. The zero-order valence-electron chi connectivity index (χ0n) is 15.8. The number of aromatic nitrogens is 1. The third-order valence-electron chi connectivity index (χ3n) is 4.41. The molecule has 142 valence electrons. The van der Waals surface area contributed by atoms with Gasteiger partial charge in [0.05, 0.1) is 29.4 Å². The molecule has 28 heavy (non-hydrogen) atoms. The van der Waals surface area contributed by atoms with Crippen molar-refractivity contribution in [2.75, 3.05) is 11.9 Å². The number of halogens is 1. The van der Waals surface area contributed by atoms with E-state index >= 15 is 0 Å². The molecule has 6 heteroatoms. The largest absolute Gasteiger partial charge is 0.462 e. The van der Waals surface area contributed by atoms with Crippen LogP contribution in [0.3, 0.4) is 0 Å². The number of carbonyl (C=O) groups excluding carboxylic acids is 1. The molecular formula is C22H20ClN3O2. The van der Waals surface area contributed by atoms with Crippen LogP contribution in [0.25, 0.3) is 10.9 Å². The Morgan fingerprint density at radius 1 is 1.29 bits per heavy atom. The van der Waals surface area contributed by atoms with Crippen molar-refractivity contribution in [1.29, 1.82) is 5.26 Å². The van der Waals surface area contributed by atoms with Gasteiger partial charge in [0.1, 0.15) is 5.56 Å². The number of nitrogens with zero attached hydrogens (tertiary/aromatic N) is 2. The summed E-state index contributed by atoms with van der Waals surface area (Å²) in [7, 11) is 0. The molecule has 1 N–H and O–H groups in total. The Morgan fingerprint density at radius 2 is 2.11 bits per heavy atom. The third kappa shape index (κ3) is 4.08. The molecule has 0 radical (unpaired) electrons. The van der Waals surface area contributed by atoms with Gasteiger partial charge in [-0.05, 0) is 48.7 Å². The topological polar surface area (TPSA) is 75.0 Å². The molecule has 1 aromatic heterocycles. The molecule has 3 rings (SSSR count). The summed E-state index contributed by atoms with van der Waals surface area (Å²) in [6.45, 7) is 4.50. The van der Waals surface area contributed by atoms with Gasteiger partial charge >= 0.3 is 5.97 Å². The van der Waals surface area contributed by atoms with Crippen molar-refractivity contribution < 1.29 is 9.53 Å². The third-order valence-corrected chi connectivity index (χ3v) is 4.65. The van der Waals surface area contributed by atoms with Crippen LogP contribution < -0.4 is 5.32 Å². The van der Waals surface area contributed by atoms with E-state index in [1.807, 2.05) is 37.3 Å². The molecule has 1 heterocycles. The number of hydrogen-bond donors (Lipinski definition) is 1. The minimum absolute atomic E-state index is 0.267. The van der Waals surface area contributed by atoms with Crippen LogP contribution in [-0.4, -0.2) is 17.6 Å². The van der Waals surface area contributed by atoms with Gasteiger partial charge in [0.2, 0.25) is 0 Å². The normalized spacial score (nSPS) is 10.5. The summed E-state index contributed by atoms with van der Waals surface area (Å²) < 4.78 is 5.20. The predicted molar refractivity (Wildman–Crippen MR) is 111 cm³/mol. The highest BCUT2D eigenvalue weighted by atomic mass is 35.5. The summed E-state index contributed by atoms with van der Waals surface area (Å²) in [4.78, 5) is 17.0. The maximum Gasteiger partial charge on any atom is 0.341 e. The van der Waals surface area contributed by atoms with Crippen LogP contribution in [0.1, 0.15) is 40.9 Å². The van der Waals surface area contributed by atoms with Crippen molar-refractivity contribution in [2.24, 2.45) is 0 Å². The van der Waals surface area contributed by atoms with E-state index in [0.717, 1.165) is 28.5 Å². The fourth-order valence-corrected chi connectivity index (χ4v) is 3.31. The first kappa shape index (κ1) is 19.7. The first-order valence-corrected chi connectivity index (χ1v) is 9.46. The number of nitrogens with one attached hydrogen (secondary N) is 1. The van der Waals surface area contributed by atoms with Crippen molar-refractivity contribution >= 4 is 34.2 Å². The Morgan fingerprint density at radius 3 is 2.79 bits per heavy atom. The zero-order chi connectivity index (χ0) is 20.1. The summed E-state index contributed by atoms with van der Waals surface area (Å²) in [5.41, 5.74) is 4.17. The maximum absolute atomic E-state index is 12.5. The van der Waals surface area contributed by atoms with Crippen LogP contribution in [0.15, 0.2) is 42.6 Å². The Hall–Kier alpha value is -3.10. The van der Waals surface area contributed by atoms with Gasteiger partial charge in [0, 0.05) is 23.2 Å². The number of fused-ring (bicyclic) bond motifs is 1. The number of benzene rings is 2. The van der Waals surface area contributed by atoms with Crippen LogP contribution in [0.5, 0.6) is 0 Å². The molecule has 0 saturated heterocycles. The van der Waals surface area contributed by atoms with E-state index in [-0.39, 0.29) is 6.61 Å². The van der Waals surface area contributed by atoms with E-state index in [4.69, 9.17) is 16.3 Å². The van der Waals surface area contributed by atoms with Crippen molar-refractivity contribution in [1.82, 2.24) is 4.98 Å². The van der Waals surface area contributed by atoms with E-state index < -0.39 is 5.97 Å². The number of pyridine rings is 1. The number of hydrogen-bond acceptors (Lipinski definition) is 5. The predicted octanol–water partition coefficient (Wildman–Crippen LogP) is 5.11.